The number of hydrogen-bond acceptors (Lipinski definition) is 4. The van der Waals surface area contributed by atoms with Crippen LogP contribution < -0.4 is 0 Å². The van der Waals surface area contributed by atoms with Gasteiger partial charge in [0.15, 0.2) is 0 Å². The molecule has 52 heavy (non-hydrogen) atoms. The molecular formula is C47H29N3S2. The molecule has 0 saturated heterocycles. The van der Waals surface area contributed by atoms with E-state index in [1.165, 1.54) is 73.4 Å². The number of aromatic nitrogens is 3. The summed E-state index contributed by atoms with van der Waals surface area (Å²) in [6.45, 7) is 4.68. The second kappa shape index (κ2) is 10.1. The first-order chi connectivity index (χ1) is 25.5. The predicted octanol–water partition coefficient (Wildman–Crippen LogP) is 13.4. The van der Waals surface area contributed by atoms with Crippen LogP contribution in [0.15, 0.2) is 140 Å². The third-order valence-electron chi connectivity index (χ3n) is 11.4. The minimum absolute atomic E-state index is 0.105. The summed E-state index contributed by atoms with van der Waals surface area (Å²) in [5.41, 5.74) is 10.5. The van der Waals surface area contributed by atoms with Crippen molar-refractivity contribution in [3.63, 3.8) is 0 Å². The number of benzene rings is 7. The molecule has 244 valence electrons. The molecule has 0 unspecified atom stereocenters. The van der Waals surface area contributed by atoms with Crippen LogP contribution in [-0.2, 0) is 5.41 Å². The Balaban J connectivity index is 1.19. The lowest BCUT2D eigenvalue weighted by molar-refractivity contribution is 0.660. The number of para-hydroxylation sites is 1. The lowest BCUT2D eigenvalue weighted by Gasteiger charge is -2.22. The number of fused-ring (bicyclic) bond motifs is 15. The van der Waals surface area contributed by atoms with E-state index < -0.39 is 0 Å². The molecular weight excluding hydrogens is 671 g/mol. The Hall–Kier alpha value is -5.88. The molecule has 0 amide bonds. The summed E-state index contributed by atoms with van der Waals surface area (Å²) in [5, 5.41) is 8.82. The highest BCUT2D eigenvalue weighted by molar-refractivity contribution is 7.28. The van der Waals surface area contributed by atoms with Crippen LogP contribution in [-0.4, -0.2) is 14.5 Å². The van der Waals surface area contributed by atoms with Crippen LogP contribution in [0.4, 0.5) is 0 Å². The first kappa shape index (κ1) is 28.8. The molecule has 5 heteroatoms. The van der Waals surface area contributed by atoms with Gasteiger partial charge in [-0.3, -0.25) is 4.57 Å². The van der Waals surface area contributed by atoms with Gasteiger partial charge in [-0.05, 0) is 58.7 Å². The summed E-state index contributed by atoms with van der Waals surface area (Å²) < 4.78 is 7.56. The van der Waals surface area contributed by atoms with E-state index in [0.717, 1.165) is 33.2 Å². The minimum atomic E-state index is -0.105. The molecule has 0 spiro atoms. The standard InChI is InChI=1S/C47H29N3S2/c1-47(2)34-15-7-3-11-27(34)28-20-19-26(25-35(28)47)43-33-14-4-8-16-36(33)48-46(49-43)50-37-23-21-31-29-12-5-9-17-39(29)51-44(31)41(37)42-38(50)24-22-32-30-13-6-10-18-40(30)52-45(32)42/h3-25H,1-2H3. The zero-order valence-electron chi connectivity index (χ0n) is 28.4. The van der Waals surface area contributed by atoms with Crippen molar-refractivity contribution in [2.24, 2.45) is 0 Å². The van der Waals surface area contributed by atoms with Crippen LogP contribution in [0.2, 0.25) is 0 Å². The molecule has 0 saturated carbocycles. The topological polar surface area (TPSA) is 30.7 Å². The van der Waals surface area contributed by atoms with Gasteiger partial charge < -0.3 is 0 Å². The Morgan fingerprint density at radius 2 is 1.08 bits per heavy atom. The van der Waals surface area contributed by atoms with Gasteiger partial charge in [0.25, 0.3) is 0 Å². The molecule has 3 nitrogen and oxygen atoms in total. The maximum absolute atomic E-state index is 5.54. The summed E-state index contributed by atoms with van der Waals surface area (Å²) >= 11 is 3.78. The lowest BCUT2D eigenvalue weighted by atomic mass is 9.82. The van der Waals surface area contributed by atoms with E-state index in [1.54, 1.807) is 0 Å². The predicted molar refractivity (Wildman–Crippen MR) is 223 cm³/mol. The van der Waals surface area contributed by atoms with Crippen LogP contribution in [0.25, 0.3) is 101 Å². The van der Waals surface area contributed by atoms with Gasteiger partial charge in [-0.25, -0.2) is 9.97 Å². The highest BCUT2D eigenvalue weighted by atomic mass is 32.1. The van der Waals surface area contributed by atoms with E-state index in [0.29, 0.717) is 5.95 Å². The van der Waals surface area contributed by atoms with Crippen LogP contribution in [0.3, 0.4) is 0 Å². The largest absolute Gasteiger partial charge is 0.278 e. The van der Waals surface area contributed by atoms with Crippen molar-refractivity contribution >= 4 is 95.7 Å². The first-order valence-corrected chi connectivity index (χ1v) is 19.4. The molecule has 7 aromatic carbocycles. The smallest absolute Gasteiger partial charge is 0.235 e. The summed E-state index contributed by atoms with van der Waals surface area (Å²) in [4.78, 5) is 10.9. The van der Waals surface area contributed by atoms with Crippen molar-refractivity contribution in [3.8, 4) is 28.3 Å². The number of hydrogen-bond donors (Lipinski definition) is 0. The van der Waals surface area contributed by atoms with E-state index in [2.05, 4.69) is 158 Å². The minimum Gasteiger partial charge on any atom is -0.278 e. The summed E-state index contributed by atoms with van der Waals surface area (Å²) in [5.74, 6) is 0.692. The van der Waals surface area contributed by atoms with Crippen LogP contribution in [0, 0.1) is 0 Å². The summed E-state index contributed by atoms with van der Waals surface area (Å²) in [6, 6.07) is 51.0. The maximum Gasteiger partial charge on any atom is 0.235 e. The van der Waals surface area contributed by atoms with E-state index in [-0.39, 0.29) is 5.41 Å². The fraction of sp³-hybridized carbons (Fsp3) is 0.0638. The van der Waals surface area contributed by atoms with Gasteiger partial charge in [0.1, 0.15) is 0 Å². The van der Waals surface area contributed by atoms with E-state index in [9.17, 15) is 0 Å². The lowest BCUT2D eigenvalue weighted by Crippen LogP contribution is -2.15. The molecule has 0 bridgehead atoms. The quantitative estimate of drug-likeness (QED) is 0.180. The van der Waals surface area contributed by atoms with Crippen molar-refractivity contribution in [3.05, 3.63) is 151 Å². The van der Waals surface area contributed by atoms with Crippen LogP contribution in [0.1, 0.15) is 25.0 Å². The van der Waals surface area contributed by atoms with E-state index >= 15 is 0 Å². The third-order valence-corrected chi connectivity index (χ3v) is 13.8. The second-order valence-electron chi connectivity index (χ2n) is 14.5. The van der Waals surface area contributed by atoms with Crippen LogP contribution >= 0.6 is 22.7 Å². The first-order valence-electron chi connectivity index (χ1n) is 17.8. The van der Waals surface area contributed by atoms with Crippen molar-refractivity contribution in [1.82, 2.24) is 14.5 Å². The number of thiophene rings is 2. The number of rotatable bonds is 2. The van der Waals surface area contributed by atoms with Gasteiger partial charge in [-0.1, -0.05) is 117 Å². The fourth-order valence-electron chi connectivity index (χ4n) is 8.99. The SMILES string of the molecule is CC1(C)c2ccccc2-c2ccc(-c3nc(-n4c5ccc6c7ccccc7sc6c5c5c6sc7ccccc7c6ccc54)nc4ccccc34)cc21. The van der Waals surface area contributed by atoms with Gasteiger partial charge >= 0.3 is 0 Å². The zero-order chi connectivity index (χ0) is 34.3. The Kier molecular flexibility index (Phi) is 5.61. The summed E-state index contributed by atoms with van der Waals surface area (Å²) in [7, 11) is 0. The Morgan fingerprint density at radius 1 is 0.500 bits per heavy atom. The van der Waals surface area contributed by atoms with Crippen molar-refractivity contribution in [2.75, 3.05) is 0 Å². The van der Waals surface area contributed by atoms with E-state index in [1.807, 2.05) is 22.7 Å². The fourth-order valence-corrected chi connectivity index (χ4v) is 11.5. The molecule has 4 heterocycles. The van der Waals surface area contributed by atoms with Gasteiger partial charge in [0.2, 0.25) is 5.95 Å². The highest BCUT2D eigenvalue weighted by Gasteiger charge is 2.35. The monoisotopic (exact) mass is 699 g/mol. The van der Waals surface area contributed by atoms with E-state index in [4.69, 9.17) is 9.97 Å². The van der Waals surface area contributed by atoms with Crippen molar-refractivity contribution < 1.29 is 0 Å². The molecule has 12 rings (SSSR count). The normalized spacial score (nSPS) is 13.7. The van der Waals surface area contributed by atoms with Crippen molar-refractivity contribution in [1.29, 1.82) is 0 Å². The molecule has 0 radical (unpaired) electrons. The Labute approximate surface area is 307 Å². The van der Waals surface area contributed by atoms with Crippen LogP contribution in [0.5, 0.6) is 0 Å². The molecule has 0 atom stereocenters. The molecule has 1 aliphatic carbocycles. The molecule has 0 N–H and O–H groups in total. The van der Waals surface area contributed by atoms with Gasteiger partial charge in [-0.15, -0.1) is 22.7 Å². The van der Waals surface area contributed by atoms with Gasteiger partial charge in [0.05, 0.1) is 22.2 Å². The Morgan fingerprint density at radius 3 is 1.77 bits per heavy atom. The third kappa shape index (κ3) is 3.69. The molecule has 11 aromatic rings. The zero-order valence-corrected chi connectivity index (χ0v) is 30.1. The average Bonchev–Trinajstić information content (AvgIpc) is 3.91. The van der Waals surface area contributed by atoms with Gasteiger partial charge in [0, 0.05) is 67.5 Å². The molecule has 0 fully saturated rings. The average molecular weight is 700 g/mol. The van der Waals surface area contributed by atoms with Crippen molar-refractivity contribution in [2.45, 2.75) is 19.3 Å². The molecule has 0 aliphatic heterocycles. The maximum atomic E-state index is 5.54. The van der Waals surface area contributed by atoms with Gasteiger partial charge in [-0.2, -0.15) is 0 Å². The number of nitrogens with zero attached hydrogens (tertiary/aromatic N) is 3. The second-order valence-corrected chi connectivity index (χ2v) is 16.6. The summed E-state index contributed by atoms with van der Waals surface area (Å²) in [6.07, 6.45) is 0. The highest BCUT2D eigenvalue weighted by Crippen LogP contribution is 2.51. The Bertz CT molecular complexity index is 3210. The molecule has 4 aromatic heterocycles. The molecule has 1 aliphatic rings.